The number of hydrogen-bond acceptors (Lipinski definition) is 3. The molecule has 1 aromatic carbocycles. The molecular weight excluding hydrogens is 324 g/mol. The third kappa shape index (κ3) is 2.77. The van der Waals surface area contributed by atoms with Crippen LogP contribution in [0.15, 0.2) is 36.5 Å². The summed E-state index contributed by atoms with van der Waals surface area (Å²) < 4.78 is 1.90. The number of hydrogen-bond donors (Lipinski definition) is 0. The highest BCUT2D eigenvalue weighted by atomic mass is 16.2. The molecule has 0 aliphatic carbocycles. The molecule has 0 radical (unpaired) electrons. The number of carbonyl (C=O) groups is 1. The fraction of sp³-hybridized carbons (Fsp3) is 0.381. The second kappa shape index (κ2) is 6.56. The Kier molecular flexibility index (Phi) is 4.23. The van der Waals surface area contributed by atoms with E-state index in [9.17, 15) is 4.79 Å². The van der Waals surface area contributed by atoms with Gasteiger partial charge in [-0.2, -0.15) is 5.10 Å². The van der Waals surface area contributed by atoms with Crippen LogP contribution in [0.25, 0.3) is 22.3 Å². The van der Waals surface area contributed by atoms with E-state index in [1.807, 2.05) is 27.8 Å². The van der Waals surface area contributed by atoms with E-state index in [1.54, 1.807) is 6.20 Å². The van der Waals surface area contributed by atoms with Crippen molar-refractivity contribution in [1.29, 1.82) is 0 Å². The number of carbonyl (C=O) groups excluding carboxylic acids is 1. The average Bonchev–Trinajstić information content (AvgIpc) is 3.30. The van der Waals surface area contributed by atoms with Crippen LogP contribution in [0.5, 0.6) is 0 Å². The Hall–Kier alpha value is -2.69. The number of pyridine rings is 1. The van der Waals surface area contributed by atoms with Crippen molar-refractivity contribution < 1.29 is 4.79 Å². The second-order valence-corrected chi connectivity index (χ2v) is 7.29. The first-order valence-electron chi connectivity index (χ1n) is 9.30. The summed E-state index contributed by atoms with van der Waals surface area (Å²) in [5, 5.41) is 5.35. The Labute approximate surface area is 153 Å². The zero-order chi connectivity index (χ0) is 18.3. The SMILES string of the molecule is Cc1ccccc1-c1cc(C(=O)N2CCCC2)c2cnn(C(C)C)c2n1. The highest BCUT2D eigenvalue weighted by molar-refractivity contribution is 6.06. The van der Waals surface area contributed by atoms with E-state index in [4.69, 9.17) is 4.98 Å². The molecule has 0 bridgehead atoms. The molecule has 0 spiro atoms. The highest BCUT2D eigenvalue weighted by Crippen LogP contribution is 2.29. The van der Waals surface area contributed by atoms with Crippen LogP contribution in [-0.4, -0.2) is 38.7 Å². The van der Waals surface area contributed by atoms with Crippen LogP contribution in [0.4, 0.5) is 0 Å². The molecule has 5 nitrogen and oxygen atoms in total. The maximum atomic E-state index is 13.2. The van der Waals surface area contributed by atoms with Gasteiger partial charge in [-0.25, -0.2) is 9.67 Å². The molecule has 1 amide bonds. The Morgan fingerprint density at radius 2 is 1.88 bits per heavy atom. The van der Waals surface area contributed by atoms with Crippen molar-refractivity contribution in [3.05, 3.63) is 47.7 Å². The van der Waals surface area contributed by atoms with E-state index in [0.717, 1.165) is 53.8 Å². The van der Waals surface area contributed by atoms with Gasteiger partial charge in [-0.3, -0.25) is 4.79 Å². The number of aromatic nitrogens is 3. The number of rotatable bonds is 3. The lowest BCUT2D eigenvalue weighted by molar-refractivity contribution is 0.0794. The summed E-state index contributed by atoms with van der Waals surface area (Å²) in [5.74, 6) is 0.0908. The lowest BCUT2D eigenvalue weighted by Crippen LogP contribution is -2.27. The lowest BCUT2D eigenvalue weighted by Gasteiger charge is -2.17. The average molecular weight is 348 g/mol. The van der Waals surface area contributed by atoms with E-state index in [-0.39, 0.29) is 11.9 Å². The molecular formula is C21H24N4O. The van der Waals surface area contributed by atoms with E-state index in [2.05, 4.69) is 38.0 Å². The minimum absolute atomic E-state index is 0.0908. The molecule has 0 unspecified atom stereocenters. The third-order valence-electron chi connectivity index (χ3n) is 5.10. The van der Waals surface area contributed by atoms with Crippen LogP contribution in [0, 0.1) is 6.92 Å². The van der Waals surface area contributed by atoms with Crippen LogP contribution >= 0.6 is 0 Å². The predicted octanol–water partition coefficient (Wildman–Crippen LogP) is 4.22. The van der Waals surface area contributed by atoms with Crippen molar-refractivity contribution >= 4 is 16.9 Å². The fourth-order valence-electron chi connectivity index (χ4n) is 3.66. The number of amides is 1. The molecule has 134 valence electrons. The summed E-state index contributed by atoms with van der Waals surface area (Å²) in [6, 6.07) is 10.3. The summed E-state index contributed by atoms with van der Waals surface area (Å²) in [7, 11) is 0. The van der Waals surface area contributed by atoms with Gasteiger partial charge in [-0.15, -0.1) is 0 Å². The first-order chi connectivity index (χ1) is 12.6. The molecule has 1 saturated heterocycles. The molecule has 1 aliphatic heterocycles. The smallest absolute Gasteiger partial charge is 0.254 e. The second-order valence-electron chi connectivity index (χ2n) is 7.29. The summed E-state index contributed by atoms with van der Waals surface area (Å²) >= 11 is 0. The van der Waals surface area contributed by atoms with Gasteiger partial charge in [0, 0.05) is 24.7 Å². The molecule has 5 heteroatoms. The first kappa shape index (κ1) is 16.8. The quantitative estimate of drug-likeness (QED) is 0.712. The molecule has 3 aromatic rings. The van der Waals surface area contributed by atoms with Gasteiger partial charge in [0.2, 0.25) is 0 Å². The molecule has 26 heavy (non-hydrogen) atoms. The van der Waals surface area contributed by atoms with Crippen molar-refractivity contribution in [2.45, 2.75) is 39.7 Å². The van der Waals surface area contributed by atoms with Crippen molar-refractivity contribution in [3.8, 4) is 11.3 Å². The van der Waals surface area contributed by atoms with E-state index in [1.165, 1.54) is 0 Å². The fourth-order valence-corrected chi connectivity index (χ4v) is 3.66. The van der Waals surface area contributed by atoms with Gasteiger partial charge in [0.15, 0.2) is 5.65 Å². The number of aryl methyl sites for hydroxylation is 1. The third-order valence-corrected chi connectivity index (χ3v) is 5.10. The number of likely N-dealkylation sites (tertiary alicyclic amines) is 1. The van der Waals surface area contributed by atoms with Crippen molar-refractivity contribution in [2.24, 2.45) is 0 Å². The Bertz CT molecular complexity index is 967. The highest BCUT2D eigenvalue weighted by Gasteiger charge is 2.24. The minimum Gasteiger partial charge on any atom is -0.339 e. The van der Waals surface area contributed by atoms with E-state index in [0.29, 0.717) is 5.56 Å². The van der Waals surface area contributed by atoms with E-state index < -0.39 is 0 Å². The van der Waals surface area contributed by atoms with Crippen LogP contribution < -0.4 is 0 Å². The van der Waals surface area contributed by atoms with Crippen LogP contribution in [0.3, 0.4) is 0 Å². The van der Waals surface area contributed by atoms with E-state index >= 15 is 0 Å². The number of benzene rings is 1. The molecule has 3 heterocycles. The molecule has 4 rings (SSSR count). The van der Waals surface area contributed by atoms with Gasteiger partial charge in [0.1, 0.15) is 0 Å². The molecule has 1 fully saturated rings. The van der Waals surface area contributed by atoms with Crippen molar-refractivity contribution in [1.82, 2.24) is 19.7 Å². The first-order valence-corrected chi connectivity index (χ1v) is 9.30. The van der Waals surface area contributed by atoms with Gasteiger partial charge >= 0.3 is 0 Å². The maximum absolute atomic E-state index is 13.2. The van der Waals surface area contributed by atoms with Crippen molar-refractivity contribution in [3.63, 3.8) is 0 Å². The Morgan fingerprint density at radius 3 is 2.58 bits per heavy atom. The van der Waals surface area contributed by atoms with Gasteiger partial charge < -0.3 is 4.90 Å². The summed E-state index contributed by atoms with van der Waals surface area (Å²) in [6.07, 6.45) is 3.94. The monoisotopic (exact) mass is 348 g/mol. The topological polar surface area (TPSA) is 51.0 Å². The Morgan fingerprint density at radius 1 is 1.15 bits per heavy atom. The standard InChI is InChI=1S/C21H24N4O/c1-14(2)25-20-18(13-22-25)17(21(26)24-10-6-7-11-24)12-19(23-20)16-9-5-4-8-15(16)3/h4-5,8-9,12-14H,6-7,10-11H2,1-3H3. The predicted molar refractivity (Wildman–Crippen MR) is 103 cm³/mol. The summed E-state index contributed by atoms with van der Waals surface area (Å²) in [4.78, 5) is 20.0. The molecule has 0 atom stereocenters. The molecule has 0 saturated carbocycles. The zero-order valence-electron chi connectivity index (χ0n) is 15.6. The minimum atomic E-state index is 0.0908. The normalized spacial score (nSPS) is 14.5. The molecule has 0 N–H and O–H groups in total. The molecule has 1 aliphatic rings. The number of nitrogens with zero attached hydrogens (tertiary/aromatic N) is 4. The maximum Gasteiger partial charge on any atom is 0.254 e. The largest absolute Gasteiger partial charge is 0.339 e. The zero-order valence-corrected chi connectivity index (χ0v) is 15.6. The summed E-state index contributed by atoms with van der Waals surface area (Å²) in [5.41, 5.74) is 4.53. The Balaban J connectivity index is 1.94. The summed E-state index contributed by atoms with van der Waals surface area (Å²) in [6.45, 7) is 7.90. The van der Waals surface area contributed by atoms with Crippen LogP contribution in [0.2, 0.25) is 0 Å². The van der Waals surface area contributed by atoms with Crippen LogP contribution in [-0.2, 0) is 0 Å². The molecule has 2 aromatic heterocycles. The van der Waals surface area contributed by atoms with Crippen LogP contribution in [0.1, 0.15) is 48.7 Å². The van der Waals surface area contributed by atoms with Gasteiger partial charge in [-0.05, 0) is 45.2 Å². The lowest BCUT2D eigenvalue weighted by atomic mass is 10.0. The van der Waals surface area contributed by atoms with Gasteiger partial charge in [0.05, 0.1) is 22.8 Å². The van der Waals surface area contributed by atoms with Crippen molar-refractivity contribution in [2.75, 3.05) is 13.1 Å². The van der Waals surface area contributed by atoms with Gasteiger partial charge in [0.25, 0.3) is 5.91 Å². The van der Waals surface area contributed by atoms with Gasteiger partial charge in [-0.1, -0.05) is 24.3 Å². The number of fused-ring (bicyclic) bond motifs is 1.